The summed E-state index contributed by atoms with van der Waals surface area (Å²) in [5, 5.41) is 31.6. The summed E-state index contributed by atoms with van der Waals surface area (Å²) >= 11 is 0. The van der Waals surface area contributed by atoms with Crippen LogP contribution in [0.2, 0.25) is 0 Å². The highest BCUT2D eigenvalue weighted by Crippen LogP contribution is 2.45. The van der Waals surface area contributed by atoms with Gasteiger partial charge in [-0.1, -0.05) is 27.7 Å². The van der Waals surface area contributed by atoms with Gasteiger partial charge in [-0.25, -0.2) is 15.2 Å². The predicted octanol–water partition coefficient (Wildman–Crippen LogP) is 2.25. The summed E-state index contributed by atoms with van der Waals surface area (Å²) in [5.74, 6) is -0.857. The maximum absolute atomic E-state index is 14.6. The Bertz CT molecular complexity index is 1430. The SMILES string of the molecule is CCOC(=O)[C@H](CC(C)C)NP(=O)(N[C@@H](CC(C)C)C(=O)OCC)OC[C@H]1O[C@@H](n2cnc3c(NC4CC4)nc(N)nc32)[C@](C)(O)[C@@H]1O. The molecular weight excluding hydrogens is 647 g/mol. The van der Waals surface area contributed by atoms with E-state index in [4.69, 9.17) is 24.5 Å². The van der Waals surface area contributed by atoms with Crippen molar-refractivity contribution < 1.29 is 43.1 Å². The van der Waals surface area contributed by atoms with Gasteiger partial charge < -0.3 is 40.0 Å². The Morgan fingerprint density at radius 2 is 1.65 bits per heavy atom. The zero-order valence-electron chi connectivity index (χ0n) is 28.7. The van der Waals surface area contributed by atoms with Crippen LogP contribution in [0.1, 0.15) is 80.4 Å². The summed E-state index contributed by atoms with van der Waals surface area (Å²) in [6.07, 6.45) is -0.0877. The highest BCUT2D eigenvalue weighted by Gasteiger charge is 2.54. The van der Waals surface area contributed by atoms with Gasteiger partial charge in [0, 0.05) is 6.04 Å². The summed E-state index contributed by atoms with van der Waals surface area (Å²) in [4.78, 5) is 38.9. The Kier molecular flexibility index (Phi) is 12.4. The maximum atomic E-state index is 14.6. The molecule has 2 aromatic rings. The van der Waals surface area contributed by atoms with Gasteiger partial charge in [-0.3, -0.25) is 18.7 Å². The molecule has 1 saturated carbocycles. The van der Waals surface area contributed by atoms with Crippen LogP contribution in [-0.4, -0.2) is 97.4 Å². The number of nitrogens with one attached hydrogen (secondary N) is 3. The van der Waals surface area contributed by atoms with Crippen LogP contribution in [0.5, 0.6) is 0 Å². The fraction of sp³-hybridized carbons (Fsp3) is 0.767. The van der Waals surface area contributed by atoms with Crippen LogP contribution < -0.4 is 21.2 Å². The Morgan fingerprint density at radius 3 is 2.15 bits per heavy atom. The van der Waals surface area contributed by atoms with E-state index >= 15 is 0 Å². The number of imidazole rings is 1. The maximum Gasteiger partial charge on any atom is 0.342 e. The molecule has 4 rings (SSSR count). The molecule has 2 aromatic heterocycles. The molecule has 0 unspecified atom stereocenters. The smallest absolute Gasteiger partial charge is 0.342 e. The average Bonchev–Trinajstić information content (AvgIpc) is 3.66. The van der Waals surface area contributed by atoms with E-state index in [-0.39, 0.29) is 55.5 Å². The number of ether oxygens (including phenoxy) is 3. The van der Waals surface area contributed by atoms with Crippen LogP contribution in [0.4, 0.5) is 11.8 Å². The van der Waals surface area contributed by atoms with Gasteiger partial charge in [-0.05, 0) is 58.3 Å². The fourth-order valence-corrected chi connectivity index (χ4v) is 7.36. The molecule has 3 heterocycles. The largest absolute Gasteiger partial charge is 0.465 e. The highest BCUT2D eigenvalue weighted by molar-refractivity contribution is 7.54. The summed E-state index contributed by atoms with van der Waals surface area (Å²) in [5.41, 5.74) is 4.79. The van der Waals surface area contributed by atoms with E-state index in [1.807, 2.05) is 27.7 Å². The Balaban J connectivity index is 1.61. The quantitative estimate of drug-likeness (QED) is 0.0967. The van der Waals surface area contributed by atoms with Crippen molar-refractivity contribution in [2.24, 2.45) is 11.8 Å². The van der Waals surface area contributed by atoms with E-state index in [1.54, 1.807) is 13.8 Å². The van der Waals surface area contributed by atoms with Gasteiger partial charge in [0.05, 0.1) is 26.1 Å². The van der Waals surface area contributed by atoms with Crippen molar-refractivity contribution in [2.45, 2.75) is 116 Å². The van der Waals surface area contributed by atoms with E-state index in [0.717, 1.165) is 12.8 Å². The van der Waals surface area contributed by atoms with E-state index in [1.165, 1.54) is 17.8 Å². The molecular formula is C30H51N8O9P. The molecule has 1 aliphatic carbocycles. The molecule has 6 atom stereocenters. The third-order valence-electron chi connectivity index (χ3n) is 7.99. The summed E-state index contributed by atoms with van der Waals surface area (Å²) in [6, 6.07) is -1.86. The van der Waals surface area contributed by atoms with Crippen LogP contribution in [0.3, 0.4) is 0 Å². The normalized spacial score (nSPS) is 24.3. The minimum atomic E-state index is -4.30. The molecule has 7 N–H and O–H groups in total. The second-order valence-electron chi connectivity index (χ2n) is 13.3. The molecule has 48 heavy (non-hydrogen) atoms. The molecule has 17 nitrogen and oxygen atoms in total. The van der Waals surface area contributed by atoms with Crippen molar-refractivity contribution in [2.75, 3.05) is 30.9 Å². The van der Waals surface area contributed by atoms with Gasteiger partial charge in [0.15, 0.2) is 23.2 Å². The van der Waals surface area contributed by atoms with Gasteiger partial charge in [-0.2, -0.15) is 9.97 Å². The number of carbonyl (C=O) groups is 2. The number of esters is 2. The third-order valence-corrected chi connectivity index (χ3v) is 9.81. The van der Waals surface area contributed by atoms with Crippen molar-refractivity contribution in [3.8, 4) is 0 Å². The van der Waals surface area contributed by atoms with E-state index in [2.05, 4.69) is 30.4 Å². The second kappa shape index (κ2) is 15.7. The Morgan fingerprint density at radius 1 is 1.08 bits per heavy atom. The number of carbonyl (C=O) groups excluding carboxylic acids is 2. The molecule has 0 bridgehead atoms. The predicted molar refractivity (Wildman–Crippen MR) is 177 cm³/mol. The van der Waals surface area contributed by atoms with Crippen LogP contribution in [0.25, 0.3) is 11.2 Å². The van der Waals surface area contributed by atoms with Crippen LogP contribution >= 0.6 is 7.67 Å². The highest BCUT2D eigenvalue weighted by atomic mass is 31.2. The lowest BCUT2D eigenvalue weighted by molar-refractivity contribution is -0.146. The first-order valence-corrected chi connectivity index (χ1v) is 18.2. The number of hydrogen-bond acceptors (Lipinski definition) is 14. The number of aliphatic hydroxyl groups is 2. The van der Waals surface area contributed by atoms with Crippen molar-refractivity contribution in [3.05, 3.63) is 6.33 Å². The molecule has 0 aromatic carbocycles. The van der Waals surface area contributed by atoms with Gasteiger partial charge in [0.2, 0.25) is 5.95 Å². The van der Waals surface area contributed by atoms with Gasteiger partial charge in [-0.15, -0.1) is 0 Å². The number of hydrogen-bond donors (Lipinski definition) is 6. The Labute approximate surface area is 280 Å². The van der Waals surface area contributed by atoms with Crippen molar-refractivity contribution in [3.63, 3.8) is 0 Å². The number of fused-ring (bicyclic) bond motifs is 1. The first-order valence-electron chi connectivity index (χ1n) is 16.5. The number of aliphatic hydroxyl groups excluding tert-OH is 1. The molecule has 1 aliphatic heterocycles. The summed E-state index contributed by atoms with van der Waals surface area (Å²) < 4.78 is 38.6. The molecule has 2 aliphatic rings. The summed E-state index contributed by atoms with van der Waals surface area (Å²) in [6.45, 7) is 12.0. The number of anilines is 2. The van der Waals surface area contributed by atoms with Crippen LogP contribution in [-0.2, 0) is 32.9 Å². The molecule has 2 fully saturated rings. The van der Waals surface area contributed by atoms with Crippen molar-refractivity contribution >= 4 is 42.5 Å². The number of nitrogens with zero attached hydrogens (tertiary/aromatic N) is 4. The van der Waals surface area contributed by atoms with Crippen LogP contribution in [0.15, 0.2) is 6.33 Å². The molecule has 18 heteroatoms. The molecule has 0 spiro atoms. The van der Waals surface area contributed by atoms with Gasteiger partial charge >= 0.3 is 19.6 Å². The minimum Gasteiger partial charge on any atom is -0.465 e. The van der Waals surface area contributed by atoms with E-state index < -0.39 is 62.3 Å². The summed E-state index contributed by atoms with van der Waals surface area (Å²) in [7, 11) is -4.30. The van der Waals surface area contributed by atoms with Crippen molar-refractivity contribution in [1.82, 2.24) is 29.7 Å². The average molecular weight is 699 g/mol. The lowest BCUT2D eigenvalue weighted by atomic mass is 9.96. The monoisotopic (exact) mass is 698 g/mol. The number of nitrogen functional groups attached to an aromatic ring is 1. The topological polar surface area (TPSA) is 234 Å². The van der Waals surface area contributed by atoms with Crippen molar-refractivity contribution in [1.29, 1.82) is 0 Å². The van der Waals surface area contributed by atoms with Gasteiger partial charge in [0.25, 0.3) is 0 Å². The van der Waals surface area contributed by atoms with Crippen LogP contribution in [0, 0.1) is 11.8 Å². The number of rotatable bonds is 18. The first kappa shape index (κ1) is 37.9. The number of aromatic nitrogens is 4. The lowest BCUT2D eigenvalue weighted by Crippen LogP contribution is -2.47. The first-order chi connectivity index (χ1) is 22.6. The van der Waals surface area contributed by atoms with E-state index in [0.29, 0.717) is 11.3 Å². The fourth-order valence-electron chi connectivity index (χ4n) is 5.54. The number of nitrogens with two attached hydrogens (primary N) is 1. The molecule has 270 valence electrons. The molecule has 0 radical (unpaired) electrons. The third kappa shape index (κ3) is 9.20. The lowest BCUT2D eigenvalue weighted by Gasteiger charge is -2.30. The molecule has 1 saturated heterocycles. The standard InChI is InChI=1S/C30H51N8O9P/c1-8-44-26(40)19(12-16(3)4)36-48(43,37-20(13-17(5)6)27(41)45-9-2)46-14-21-23(39)30(7,42)28(47-21)38-15-32-22-24(33-18-10-11-18)34-29(31)35-25(22)38/h15-21,23,28,39,42H,8-14H2,1-7H3,(H2,36,37,43)(H3,31,33,34,35)/t19-,20-,21+,23+,28+,30+/m0/s1. The zero-order chi connectivity index (χ0) is 35.4. The van der Waals surface area contributed by atoms with Gasteiger partial charge in [0.1, 0.15) is 29.9 Å². The minimum absolute atomic E-state index is 0.00411. The zero-order valence-corrected chi connectivity index (χ0v) is 29.6. The Hall–Kier alpha value is -2.92. The molecule has 0 amide bonds. The van der Waals surface area contributed by atoms with E-state index in [9.17, 15) is 24.4 Å². The second-order valence-corrected chi connectivity index (χ2v) is 15.2.